The number of rotatable bonds is 3. The Balaban J connectivity index is 1.17. The molecule has 218 valence electrons. The molecule has 1 aliphatic heterocycles. The van der Waals surface area contributed by atoms with Crippen molar-refractivity contribution in [2.45, 2.75) is 0 Å². The van der Waals surface area contributed by atoms with Crippen LogP contribution >= 0.6 is 0 Å². The highest BCUT2D eigenvalue weighted by molar-refractivity contribution is 6.23. The summed E-state index contributed by atoms with van der Waals surface area (Å²) in [5.74, 6) is 1.83. The summed E-state index contributed by atoms with van der Waals surface area (Å²) in [5, 5.41) is 9.98. The van der Waals surface area contributed by atoms with Crippen LogP contribution < -0.4 is 4.74 Å². The fourth-order valence-electron chi connectivity index (χ4n) is 7.82. The summed E-state index contributed by atoms with van der Waals surface area (Å²) in [6.45, 7) is 0. The predicted molar refractivity (Wildman–Crippen MR) is 198 cm³/mol. The summed E-state index contributed by atoms with van der Waals surface area (Å²) in [5.41, 5.74) is 9.82. The maximum Gasteiger partial charge on any atom is 0.135 e. The first-order valence-corrected chi connectivity index (χ1v) is 16.2. The van der Waals surface area contributed by atoms with Crippen LogP contribution in [-0.4, -0.2) is 0 Å². The molecule has 1 heterocycles. The van der Waals surface area contributed by atoms with Gasteiger partial charge in [-0.1, -0.05) is 158 Å². The molecule has 0 spiro atoms. The number of para-hydroxylation sites is 1. The van der Waals surface area contributed by atoms with E-state index in [1.165, 1.54) is 82.0 Å². The van der Waals surface area contributed by atoms with Gasteiger partial charge in [0.2, 0.25) is 0 Å². The minimum Gasteiger partial charge on any atom is -0.456 e. The molecule has 1 nitrogen and oxygen atoms in total. The average Bonchev–Trinajstić information content (AvgIpc) is 3.14. The zero-order valence-corrected chi connectivity index (χ0v) is 25.6. The summed E-state index contributed by atoms with van der Waals surface area (Å²) in [6.07, 6.45) is 0. The zero-order valence-electron chi connectivity index (χ0n) is 25.6. The lowest BCUT2D eigenvalue weighted by Crippen LogP contribution is -1.97. The highest BCUT2D eigenvalue weighted by Gasteiger charge is 2.22. The van der Waals surface area contributed by atoms with Gasteiger partial charge in [-0.25, -0.2) is 0 Å². The monoisotopic (exact) mass is 596 g/mol. The van der Waals surface area contributed by atoms with Gasteiger partial charge in [0.25, 0.3) is 0 Å². The van der Waals surface area contributed by atoms with Gasteiger partial charge in [0.15, 0.2) is 0 Å². The Hall–Kier alpha value is -6.18. The molecule has 0 bridgehead atoms. The number of hydrogen-bond acceptors (Lipinski definition) is 1. The van der Waals surface area contributed by atoms with Crippen LogP contribution in [0.2, 0.25) is 0 Å². The third-order valence-electron chi connectivity index (χ3n) is 9.87. The van der Waals surface area contributed by atoms with Crippen LogP contribution in [-0.2, 0) is 0 Å². The van der Waals surface area contributed by atoms with E-state index < -0.39 is 0 Å². The van der Waals surface area contributed by atoms with Crippen molar-refractivity contribution in [3.63, 3.8) is 0 Å². The summed E-state index contributed by atoms with van der Waals surface area (Å²) in [6, 6.07) is 61.5. The Labute approximate surface area is 272 Å². The Morgan fingerprint density at radius 1 is 0.277 bits per heavy atom. The van der Waals surface area contributed by atoms with Crippen molar-refractivity contribution in [2.24, 2.45) is 0 Å². The van der Waals surface area contributed by atoms with Crippen molar-refractivity contribution in [3.05, 3.63) is 170 Å². The van der Waals surface area contributed by atoms with Crippen molar-refractivity contribution in [1.29, 1.82) is 0 Å². The first-order valence-electron chi connectivity index (χ1n) is 16.2. The second-order valence-electron chi connectivity index (χ2n) is 12.4. The molecule has 0 amide bonds. The number of ether oxygens (including phenoxy) is 1. The lowest BCUT2D eigenvalue weighted by atomic mass is 9.84. The third kappa shape index (κ3) is 3.90. The van der Waals surface area contributed by atoms with Gasteiger partial charge in [0.1, 0.15) is 11.5 Å². The summed E-state index contributed by atoms with van der Waals surface area (Å²) in [7, 11) is 0. The largest absolute Gasteiger partial charge is 0.456 e. The standard InChI is InChI=1S/C46H28O/c1-2-13-32-29(11-1)12-9-19-35(32)45-40-17-5-3-15-38(40)44(39-16-4-6-18-41(39)45)31-25-23-30(24-26-31)33-27-28-43-46-36(33)20-10-21-37(46)34-14-7-8-22-42(34)47-43/h1-28H. The van der Waals surface area contributed by atoms with Crippen LogP contribution in [0.25, 0.3) is 87.6 Å². The Bertz CT molecular complexity index is 2640. The molecule has 10 rings (SSSR count). The van der Waals surface area contributed by atoms with Crippen LogP contribution in [0, 0.1) is 0 Å². The first-order chi connectivity index (χ1) is 23.3. The van der Waals surface area contributed by atoms with Crippen LogP contribution in [0.3, 0.4) is 0 Å². The van der Waals surface area contributed by atoms with Gasteiger partial charge < -0.3 is 4.74 Å². The normalized spacial score (nSPS) is 12.0. The zero-order chi connectivity index (χ0) is 30.9. The molecule has 0 N–H and O–H groups in total. The van der Waals surface area contributed by atoms with Crippen LogP contribution in [0.5, 0.6) is 11.5 Å². The average molecular weight is 597 g/mol. The molecule has 0 aromatic heterocycles. The van der Waals surface area contributed by atoms with Crippen molar-refractivity contribution in [2.75, 3.05) is 0 Å². The molecule has 0 unspecified atom stereocenters. The van der Waals surface area contributed by atoms with Crippen molar-refractivity contribution < 1.29 is 4.74 Å². The molecule has 9 aromatic rings. The van der Waals surface area contributed by atoms with E-state index in [-0.39, 0.29) is 0 Å². The first kappa shape index (κ1) is 26.1. The van der Waals surface area contributed by atoms with E-state index in [9.17, 15) is 0 Å². The van der Waals surface area contributed by atoms with E-state index in [1.807, 2.05) is 12.1 Å². The molecular formula is C46H28O. The van der Waals surface area contributed by atoms with Crippen molar-refractivity contribution in [1.82, 2.24) is 0 Å². The summed E-state index contributed by atoms with van der Waals surface area (Å²) in [4.78, 5) is 0. The van der Waals surface area contributed by atoms with E-state index >= 15 is 0 Å². The molecule has 0 fully saturated rings. The van der Waals surface area contributed by atoms with Gasteiger partial charge in [-0.3, -0.25) is 0 Å². The SMILES string of the molecule is c1ccc2c(c1)Oc1ccc(-c3ccc(-c4c5ccccc5c(-c5cccc6ccccc56)c5ccccc45)cc3)c3cccc-2c13. The highest BCUT2D eigenvalue weighted by atomic mass is 16.5. The molecule has 47 heavy (non-hydrogen) atoms. The molecule has 1 aliphatic rings. The maximum absolute atomic E-state index is 6.36. The van der Waals surface area contributed by atoms with Crippen LogP contribution in [0.4, 0.5) is 0 Å². The molecule has 1 heteroatoms. The molecule has 0 saturated carbocycles. The van der Waals surface area contributed by atoms with Gasteiger partial charge in [0.05, 0.1) is 0 Å². The number of benzene rings is 9. The lowest BCUT2D eigenvalue weighted by Gasteiger charge is -2.22. The van der Waals surface area contributed by atoms with Gasteiger partial charge in [-0.2, -0.15) is 0 Å². The molecule has 0 atom stereocenters. The molecule has 0 saturated heterocycles. The maximum atomic E-state index is 6.36. The van der Waals surface area contributed by atoms with Gasteiger partial charge in [-0.15, -0.1) is 0 Å². The minimum absolute atomic E-state index is 0.913. The predicted octanol–water partition coefficient (Wildman–Crippen LogP) is 13.1. The second-order valence-corrected chi connectivity index (χ2v) is 12.4. The van der Waals surface area contributed by atoms with Crippen molar-refractivity contribution >= 4 is 43.1 Å². The van der Waals surface area contributed by atoms with Crippen LogP contribution in [0.15, 0.2) is 170 Å². The van der Waals surface area contributed by atoms with E-state index in [1.54, 1.807) is 0 Å². The van der Waals surface area contributed by atoms with Gasteiger partial charge >= 0.3 is 0 Å². The van der Waals surface area contributed by atoms with E-state index in [0.29, 0.717) is 0 Å². The third-order valence-corrected chi connectivity index (χ3v) is 9.87. The lowest BCUT2D eigenvalue weighted by molar-refractivity contribution is 0.487. The molecule has 9 aromatic carbocycles. The second kappa shape index (κ2) is 10.2. The molecule has 0 aliphatic carbocycles. The van der Waals surface area contributed by atoms with Gasteiger partial charge in [-0.05, 0) is 88.8 Å². The molecular weight excluding hydrogens is 569 g/mol. The van der Waals surface area contributed by atoms with Crippen molar-refractivity contribution in [3.8, 4) is 56.0 Å². The van der Waals surface area contributed by atoms with E-state index in [0.717, 1.165) is 17.1 Å². The van der Waals surface area contributed by atoms with Gasteiger partial charge in [0, 0.05) is 10.9 Å². The Morgan fingerprint density at radius 3 is 1.57 bits per heavy atom. The quantitative estimate of drug-likeness (QED) is 0.184. The Morgan fingerprint density at radius 2 is 0.809 bits per heavy atom. The summed E-state index contributed by atoms with van der Waals surface area (Å²) < 4.78 is 6.36. The number of hydrogen-bond donors (Lipinski definition) is 0. The number of fused-ring (bicyclic) bond motifs is 5. The van der Waals surface area contributed by atoms with E-state index in [2.05, 4.69) is 158 Å². The minimum atomic E-state index is 0.913. The smallest absolute Gasteiger partial charge is 0.135 e. The fraction of sp³-hybridized carbons (Fsp3) is 0. The topological polar surface area (TPSA) is 9.23 Å². The highest BCUT2D eigenvalue weighted by Crippen LogP contribution is 2.49. The summed E-state index contributed by atoms with van der Waals surface area (Å²) >= 11 is 0. The Kier molecular flexibility index (Phi) is 5.64. The van der Waals surface area contributed by atoms with Crippen LogP contribution in [0.1, 0.15) is 0 Å². The molecule has 0 radical (unpaired) electrons. The fourth-order valence-corrected chi connectivity index (χ4v) is 7.82. The van der Waals surface area contributed by atoms with E-state index in [4.69, 9.17) is 4.74 Å².